The minimum absolute atomic E-state index is 0.0946. The van der Waals surface area contributed by atoms with Gasteiger partial charge in [0.25, 0.3) is 0 Å². The quantitative estimate of drug-likeness (QED) is 0.420. The second-order valence-corrected chi connectivity index (χ2v) is 4.38. The standard InChI is InChI=1S/C17H12N2O3/c20-17(15-10-6-12-21-15)22-19-16(13-7-2-1-3-8-13)14-9-4-5-11-18-14/h1-12H/b19-16+. The van der Waals surface area contributed by atoms with Gasteiger partial charge >= 0.3 is 5.97 Å². The molecule has 0 atom stereocenters. The molecule has 0 aliphatic heterocycles. The van der Waals surface area contributed by atoms with Crippen LogP contribution >= 0.6 is 0 Å². The normalized spacial score (nSPS) is 11.2. The van der Waals surface area contributed by atoms with Crippen molar-refractivity contribution in [3.05, 3.63) is 90.1 Å². The Kier molecular flexibility index (Phi) is 4.06. The Balaban J connectivity index is 1.92. The first-order chi connectivity index (χ1) is 10.8. The third-order valence-electron chi connectivity index (χ3n) is 2.90. The van der Waals surface area contributed by atoms with Crippen molar-refractivity contribution in [1.29, 1.82) is 0 Å². The van der Waals surface area contributed by atoms with Crippen molar-refractivity contribution in [1.82, 2.24) is 4.98 Å². The average Bonchev–Trinajstić information content (AvgIpc) is 3.11. The second-order valence-electron chi connectivity index (χ2n) is 4.38. The Labute approximate surface area is 126 Å². The number of furan rings is 1. The summed E-state index contributed by atoms with van der Waals surface area (Å²) in [5, 5.41) is 3.96. The van der Waals surface area contributed by atoms with E-state index in [-0.39, 0.29) is 5.76 Å². The van der Waals surface area contributed by atoms with Crippen LogP contribution in [0.2, 0.25) is 0 Å². The smallest absolute Gasteiger partial charge is 0.400 e. The molecule has 1 aromatic carbocycles. The van der Waals surface area contributed by atoms with Crippen LogP contribution < -0.4 is 0 Å². The Morgan fingerprint density at radius 1 is 1.00 bits per heavy atom. The summed E-state index contributed by atoms with van der Waals surface area (Å²) in [5.74, 6) is -0.563. The lowest BCUT2D eigenvalue weighted by molar-refractivity contribution is 0.0480. The van der Waals surface area contributed by atoms with Gasteiger partial charge in [-0.1, -0.05) is 41.6 Å². The van der Waals surface area contributed by atoms with E-state index in [0.29, 0.717) is 11.4 Å². The fourth-order valence-corrected chi connectivity index (χ4v) is 1.87. The highest BCUT2D eigenvalue weighted by Gasteiger charge is 2.13. The molecule has 0 saturated heterocycles. The summed E-state index contributed by atoms with van der Waals surface area (Å²) in [6.07, 6.45) is 3.05. The zero-order valence-electron chi connectivity index (χ0n) is 11.5. The first-order valence-corrected chi connectivity index (χ1v) is 6.64. The molecule has 5 nitrogen and oxygen atoms in total. The van der Waals surface area contributed by atoms with E-state index in [4.69, 9.17) is 9.25 Å². The number of carbonyl (C=O) groups excluding carboxylic acids is 1. The number of hydrogen-bond acceptors (Lipinski definition) is 5. The van der Waals surface area contributed by atoms with Gasteiger partial charge in [0, 0.05) is 11.8 Å². The Bertz CT molecular complexity index is 725. The molecule has 0 N–H and O–H groups in total. The maximum absolute atomic E-state index is 11.8. The lowest BCUT2D eigenvalue weighted by atomic mass is 10.1. The maximum Gasteiger partial charge on any atom is 0.400 e. The van der Waals surface area contributed by atoms with E-state index < -0.39 is 5.97 Å². The minimum atomic E-state index is -0.658. The van der Waals surface area contributed by atoms with Crippen molar-refractivity contribution >= 4 is 11.7 Å². The topological polar surface area (TPSA) is 64.7 Å². The molecule has 0 amide bonds. The SMILES string of the molecule is O=C(O/N=C(\c1ccccc1)c1ccccn1)c1ccco1. The van der Waals surface area contributed by atoms with E-state index in [2.05, 4.69) is 10.1 Å². The molecule has 0 aliphatic rings. The molecule has 3 aromatic rings. The third kappa shape index (κ3) is 3.09. The number of pyridine rings is 1. The number of aromatic nitrogens is 1. The van der Waals surface area contributed by atoms with Crippen LogP contribution in [-0.2, 0) is 4.84 Å². The Hall–Kier alpha value is -3.21. The fraction of sp³-hybridized carbons (Fsp3) is 0. The summed E-state index contributed by atoms with van der Waals surface area (Å²) < 4.78 is 4.98. The van der Waals surface area contributed by atoms with Gasteiger partial charge in [0.1, 0.15) is 5.71 Å². The Morgan fingerprint density at radius 3 is 2.50 bits per heavy atom. The molecule has 0 aliphatic carbocycles. The van der Waals surface area contributed by atoms with Crippen LogP contribution in [-0.4, -0.2) is 16.7 Å². The molecule has 0 bridgehead atoms. The Morgan fingerprint density at radius 2 is 1.82 bits per heavy atom. The summed E-state index contributed by atoms with van der Waals surface area (Å²) in [5.41, 5.74) is 1.88. The fourth-order valence-electron chi connectivity index (χ4n) is 1.87. The lowest BCUT2D eigenvalue weighted by Crippen LogP contribution is -2.08. The highest BCUT2D eigenvalue weighted by Crippen LogP contribution is 2.10. The van der Waals surface area contributed by atoms with Crippen LogP contribution in [0.4, 0.5) is 0 Å². The highest BCUT2D eigenvalue weighted by atomic mass is 16.7. The first-order valence-electron chi connectivity index (χ1n) is 6.64. The number of nitrogens with zero attached hydrogens (tertiary/aromatic N) is 2. The van der Waals surface area contributed by atoms with E-state index in [9.17, 15) is 4.79 Å². The zero-order chi connectivity index (χ0) is 15.2. The average molecular weight is 292 g/mol. The van der Waals surface area contributed by atoms with Crippen molar-refractivity contribution in [3.63, 3.8) is 0 Å². The summed E-state index contributed by atoms with van der Waals surface area (Å²) in [6, 6.07) is 18.0. The van der Waals surface area contributed by atoms with Crippen LogP contribution in [0.15, 0.2) is 82.7 Å². The minimum Gasteiger partial charge on any atom is -0.457 e. The molecule has 2 aromatic heterocycles. The highest BCUT2D eigenvalue weighted by molar-refractivity contribution is 6.11. The molecule has 0 radical (unpaired) electrons. The van der Waals surface area contributed by atoms with Crippen molar-refractivity contribution < 1.29 is 14.0 Å². The predicted octanol–water partition coefficient (Wildman–Crippen LogP) is 3.28. The van der Waals surface area contributed by atoms with Crippen LogP contribution in [0.3, 0.4) is 0 Å². The molecule has 0 saturated carbocycles. The molecule has 0 spiro atoms. The van der Waals surface area contributed by atoms with E-state index >= 15 is 0 Å². The summed E-state index contributed by atoms with van der Waals surface area (Å²) in [7, 11) is 0. The summed E-state index contributed by atoms with van der Waals surface area (Å²) in [6.45, 7) is 0. The first kappa shape index (κ1) is 13.8. The van der Waals surface area contributed by atoms with E-state index in [0.717, 1.165) is 5.56 Å². The van der Waals surface area contributed by atoms with Gasteiger partial charge in [-0.2, -0.15) is 0 Å². The van der Waals surface area contributed by atoms with E-state index in [1.54, 1.807) is 24.4 Å². The molecule has 2 heterocycles. The molecule has 0 fully saturated rings. The predicted molar refractivity (Wildman–Crippen MR) is 80.4 cm³/mol. The molecule has 108 valence electrons. The lowest BCUT2D eigenvalue weighted by Gasteiger charge is -2.05. The zero-order valence-corrected chi connectivity index (χ0v) is 11.5. The van der Waals surface area contributed by atoms with Crippen molar-refractivity contribution in [2.45, 2.75) is 0 Å². The largest absolute Gasteiger partial charge is 0.457 e. The van der Waals surface area contributed by atoms with Gasteiger partial charge in [-0.05, 0) is 24.3 Å². The van der Waals surface area contributed by atoms with Crippen LogP contribution in [0.25, 0.3) is 0 Å². The number of rotatable bonds is 4. The van der Waals surface area contributed by atoms with Gasteiger partial charge < -0.3 is 9.25 Å². The van der Waals surface area contributed by atoms with Gasteiger partial charge in [-0.15, -0.1) is 0 Å². The van der Waals surface area contributed by atoms with E-state index in [1.165, 1.54) is 12.3 Å². The number of carbonyl (C=O) groups is 1. The molecule has 22 heavy (non-hydrogen) atoms. The van der Waals surface area contributed by atoms with Gasteiger partial charge in [0.05, 0.1) is 12.0 Å². The maximum atomic E-state index is 11.8. The van der Waals surface area contributed by atoms with Crippen LogP contribution in [0.1, 0.15) is 21.8 Å². The molecular weight excluding hydrogens is 280 g/mol. The molecule has 3 rings (SSSR count). The third-order valence-corrected chi connectivity index (χ3v) is 2.90. The van der Waals surface area contributed by atoms with E-state index in [1.807, 2.05) is 36.4 Å². The number of benzene rings is 1. The number of hydrogen-bond donors (Lipinski definition) is 0. The second kappa shape index (κ2) is 6.49. The van der Waals surface area contributed by atoms with Gasteiger partial charge in [0.2, 0.25) is 5.76 Å². The van der Waals surface area contributed by atoms with Crippen molar-refractivity contribution in [2.75, 3.05) is 0 Å². The number of oxime groups is 1. The molecule has 5 heteroatoms. The summed E-state index contributed by atoms with van der Waals surface area (Å²) in [4.78, 5) is 21.1. The van der Waals surface area contributed by atoms with Gasteiger partial charge in [-0.25, -0.2) is 4.79 Å². The summed E-state index contributed by atoms with van der Waals surface area (Å²) >= 11 is 0. The van der Waals surface area contributed by atoms with Crippen LogP contribution in [0, 0.1) is 0 Å². The van der Waals surface area contributed by atoms with Gasteiger partial charge in [-0.3, -0.25) is 4.98 Å². The molecular formula is C17H12N2O3. The van der Waals surface area contributed by atoms with Crippen molar-refractivity contribution in [3.8, 4) is 0 Å². The van der Waals surface area contributed by atoms with Crippen molar-refractivity contribution in [2.24, 2.45) is 5.16 Å². The van der Waals surface area contributed by atoms with Crippen LogP contribution in [0.5, 0.6) is 0 Å². The molecule has 0 unspecified atom stereocenters. The van der Waals surface area contributed by atoms with Gasteiger partial charge in [0.15, 0.2) is 0 Å². The monoisotopic (exact) mass is 292 g/mol.